The SMILES string of the molecule is C[C@@H]1CCCN(C(=O)N[C@@H](C)c2nnc3n2CCC3)C1. The van der Waals surface area contributed by atoms with Crippen LogP contribution in [0.2, 0.25) is 0 Å². The van der Waals surface area contributed by atoms with Gasteiger partial charge in [0.2, 0.25) is 0 Å². The molecule has 1 aromatic heterocycles. The first-order chi connectivity index (χ1) is 9.65. The van der Waals surface area contributed by atoms with E-state index in [2.05, 4.69) is 27.0 Å². The Morgan fingerprint density at radius 3 is 3.00 bits per heavy atom. The highest BCUT2D eigenvalue weighted by Gasteiger charge is 2.25. The molecule has 2 aliphatic rings. The van der Waals surface area contributed by atoms with Crippen molar-refractivity contribution in [2.45, 2.75) is 52.1 Å². The molecule has 20 heavy (non-hydrogen) atoms. The smallest absolute Gasteiger partial charge is 0.317 e. The lowest BCUT2D eigenvalue weighted by Crippen LogP contribution is -2.46. The minimum atomic E-state index is -0.0842. The van der Waals surface area contributed by atoms with E-state index < -0.39 is 0 Å². The average molecular weight is 277 g/mol. The third kappa shape index (κ3) is 2.51. The Hall–Kier alpha value is -1.59. The molecule has 1 fully saturated rings. The van der Waals surface area contributed by atoms with Crippen molar-refractivity contribution < 1.29 is 4.79 Å². The second-order valence-electron chi connectivity index (χ2n) is 6.09. The number of nitrogens with zero attached hydrogens (tertiary/aromatic N) is 4. The van der Waals surface area contributed by atoms with Gasteiger partial charge in [-0.3, -0.25) is 0 Å². The molecule has 1 saturated heterocycles. The number of piperidine rings is 1. The molecular formula is C14H23N5O. The van der Waals surface area contributed by atoms with Crippen molar-refractivity contribution in [2.24, 2.45) is 5.92 Å². The number of rotatable bonds is 2. The van der Waals surface area contributed by atoms with Gasteiger partial charge in [-0.2, -0.15) is 0 Å². The number of urea groups is 1. The lowest BCUT2D eigenvalue weighted by molar-refractivity contribution is 0.166. The Morgan fingerprint density at radius 1 is 1.35 bits per heavy atom. The Labute approximate surface area is 119 Å². The first kappa shape index (κ1) is 13.4. The summed E-state index contributed by atoms with van der Waals surface area (Å²) in [7, 11) is 0. The predicted octanol–water partition coefficient (Wildman–Crippen LogP) is 1.73. The van der Waals surface area contributed by atoms with Gasteiger partial charge in [-0.05, 0) is 32.1 Å². The summed E-state index contributed by atoms with van der Waals surface area (Å²) in [5.74, 6) is 2.53. The Balaban J connectivity index is 1.63. The van der Waals surface area contributed by atoms with E-state index in [1.807, 2.05) is 11.8 Å². The summed E-state index contributed by atoms with van der Waals surface area (Å²) in [5, 5.41) is 11.5. The summed E-state index contributed by atoms with van der Waals surface area (Å²) < 4.78 is 2.14. The molecule has 6 heteroatoms. The van der Waals surface area contributed by atoms with Gasteiger partial charge in [-0.25, -0.2) is 4.79 Å². The van der Waals surface area contributed by atoms with Crippen LogP contribution in [0.1, 0.15) is 50.8 Å². The minimum absolute atomic E-state index is 0.0272. The fraction of sp³-hybridized carbons (Fsp3) is 0.786. The average Bonchev–Trinajstić information content (AvgIpc) is 3.00. The van der Waals surface area contributed by atoms with Crippen LogP contribution in [0.5, 0.6) is 0 Å². The van der Waals surface area contributed by atoms with Gasteiger partial charge in [0.1, 0.15) is 5.82 Å². The molecule has 0 bridgehead atoms. The zero-order chi connectivity index (χ0) is 14.1. The lowest BCUT2D eigenvalue weighted by atomic mass is 10.0. The molecule has 1 aromatic rings. The molecule has 6 nitrogen and oxygen atoms in total. The molecule has 3 rings (SSSR count). The van der Waals surface area contributed by atoms with Gasteiger partial charge in [0.05, 0.1) is 6.04 Å². The van der Waals surface area contributed by atoms with Crippen molar-refractivity contribution in [3.05, 3.63) is 11.6 Å². The van der Waals surface area contributed by atoms with Crippen LogP contribution >= 0.6 is 0 Å². The molecule has 0 aromatic carbocycles. The van der Waals surface area contributed by atoms with Crippen LogP contribution in [0.3, 0.4) is 0 Å². The quantitative estimate of drug-likeness (QED) is 0.895. The largest absolute Gasteiger partial charge is 0.328 e. The Bertz CT molecular complexity index is 498. The van der Waals surface area contributed by atoms with Gasteiger partial charge >= 0.3 is 6.03 Å². The minimum Gasteiger partial charge on any atom is -0.328 e. The molecule has 1 N–H and O–H groups in total. The Morgan fingerprint density at radius 2 is 2.20 bits per heavy atom. The van der Waals surface area contributed by atoms with Crippen molar-refractivity contribution in [3.63, 3.8) is 0 Å². The summed E-state index contributed by atoms with van der Waals surface area (Å²) >= 11 is 0. The normalized spacial score (nSPS) is 23.5. The highest BCUT2D eigenvalue weighted by molar-refractivity contribution is 5.74. The standard InChI is InChI=1S/C14H23N5O/c1-10-5-3-7-18(9-10)14(20)15-11(2)13-17-16-12-6-4-8-19(12)13/h10-11H,3-9H2,1-2H3,(H,15,20)/t10-,11+/m1/s1. The van der Waals surface area contributed by atoms with Crippen LogP contribution in [-0.2, 0) is 13.0 Å². The van der Waals surface area contributed by atoms with Gasteiger partial charge in [0, 0.05) is 26.1 Å². The number of carbonyl (C=O) groups excluding carboxylic acids is 1. The van der Waals surface area contributed by atoms with Crippen molar-refractivity contribution in [1.29, 1.82) is 0 Å². The van der Waals surface area contributed by atoms with E-state index in [0.717, 1.165) is 50.5 Å². The molecule has 2 aliphatic heterocycles. The maximum atomic E-state index is 12.3. The van der Waals surface area contributed by atoms with E-state index >= 15 is 0 Å². The van der Waals surface area contributed by atoms with Crippen LogP contribution in [-0.4, -0.2) is 38.8 Å². The molecule has 0 aliphatic carbocycles. The number of amides is 2. The first-order valence-corrected chi connectivity index (χ1v) is 7.62. The highest BCUT2D eigenvalue weighted by Crippen LogP contribution is 2.20. The second kappa shape index (κ2) is 5.42. The monoisotopic (exact) mass is 277 g/mol. The van der Waals surface area contributed by atoms with E-state index in [1.165, 1.54) is 6.42 Å². The number of aromatic nitrogens is 3. The van der Waals surface area contributed by atoms with E-state index in [9.17, 15) is 4.79 Å². The van der Waals surface area contributed by atoms with Gasteiger partial charge in [-0.1, -0.05) is 6.92 Å². The van der Waals surface area contributed by atoms with Gasteiger partial charge in [0.25, 0.3) is 0 Å². The van der Waals surface area contributed by atoms with E-state index in [1.54, 1.807) is 0 Å². The van der Waals surface area contributed by atoms with Crippen molar-refractivity contribution in [3.8, 4) is 0 Å². The number of fused-ring (bicyclic) bond motifs is 1. The molecule has 3 heterocycles. The van der Waals surface area contributed by atoms with Gasteiger partial charge < -0.3 is 14.8 Å². The molecule has 0 spiro atoms. The number of nitrogens with one attached hydrogen (secondary N) is 1. The van der Waals surface area contributed by atoms with Crippen LogP contribution in [0.15, 0.2) is 0 Å². The van der Waals surface area contributed by atoms with Crippen molar-refractivity contribution >= 4 is 6.03 Å². The predicted molar refractivity (Wildman–Crippen MR) is 75.3 cm³/mol. The van der Waals surface area contributed by atoms with Crippen molar-refractivity contribution in [2.75, 3.05) is 13.1 Å². The third-order valence-corrected chi connectivity index (χ3v) is 4.31. The fourth-order valence-electron chi connectivity index (χ4n) is 3.21. The Kier molecular flexibility index (Phi) is 3.63. The zero-order valence-corrected chi connectivity index (χ0v) is 12.3. The van der Waals surface area contributed by atoms with E-state index in [0.29, 0.717) is 5.92 Å². The van der Waals surface area contributed by atoms with Gasteiger partial charge in [-0.15, -0.1) is 10.2 Å². The molecule has 0 saturated carbocycles. The molecule has 0 radical (unpaired) electrons. The van der Waals surface area contributed by atoms with E-state index in [4.69, 9.17) is 0 Å². The summed E-state index contributed by atoms with van der Waals surface area (Å²) in [6, 6.07) is -0.0570. The summed E-state index contributed by atoms with van der Waals surface area (Å²) in [6.07, 6.45) is 4.44. The zero-order valence-electron chi connectivity index (χ0n) is 12.3. The molecule has 110 valence electrons. The first-order valence-electron chi connectivity index (χ1n) is 7.62. The van der Waals surface area contributed by atoms with Crippen LogP contribution < -0.4 is 5.32 Å². The lowest BCUT2D eigenvalue weighted by Gasteiger charge is -2.31. The number of aryl methyl sites for hydroxylation is 1. The van der Waals surface area contributed by atoms with Crippen molar-refractivity contribution in [1.82, 2.24) is 25.0 Å². The van der Waals surface area contributed by atoms with Crippen LogP contribution in [0, 0.1) is 5.92 Å². The number of hydrogen-bond donors (Lipinski definition) is 1. The molecule has 2 amide bonds. The highest BCUT2D eigenvalue weighted by atomic mass is 16.2. The van der Waals surface area contributed by atoms with Gasteiger partial charge in [0.15, 0.2) is 5.82 Å². The molecular weight excluding hydrogens is 254 g/mol. The summed E-state index contributed by atoms with van der Waals surface area (Å²) in [4.78, 5) is 14.2. The summed E-state index contributed by atoms with van der Waals surface area (Å²) in [6.45, 7) is 6.88. The summed E-state index contributed by atoms with van der Waals surface area (Å²) in [5.41, 5.74) is 0. The topological polar surface area (TPSA) is 63.1 Å². The maximum Gasteiger partial charge on any atom is 0.317 e. The van der Waals surface area contributed by atoms with Crippen LogP contribution in [0.25, 0.3) is 0 Å². The number of hydrogen-bond acceptors (Lipinski definition) is 3. The molecule has 2 atom stereocenters. The maximum absolute atomic E-state index is 12.3. The number of carbonyl (C=O) groups is 1. The third-order valence-electron chi connectivity index (χ3n) is 4.31. The molecule has 0 unspecified atom stereocenters. The van der Waals surface area contributed by atoms with Crippen LogP contribution in [0.4, 0.5) is 4.79 Å². The fourth-order valence-corrected chi connectivity index (χ4v) is 3.21. The van der Waals surface area contributed by atoms with E-state index in [-0.39, 0.29) is 12.1 Å². The second-order valence-corrected chi connectivity index (χ2v) is 6.09. The number of likely N-dealkylation sites (tertiary alicyclic amines) is 1.